The highest BCUT2D eigenvalue weighted by atomic mass is 35.5. The molecule has 3 rings (SSSR count). The van der Waals surface area contributed by atoms with Crippen molar-refractivity contribution in [3.8, 4) is 5.75 Å². The number of nitro benzene ring substituents is 1. The van der Waals surface area contributed by atoms with Gasteiger partial charge in [-0.3, -0.25) is 19.8 Å². The van der Waals surface area contributed by atoms with E-state index in [1.54, 1.807) is 0 Å². The molecular weight excluding hydrogens is 501 g/mol. The second-order valence-electron chi connectivity index (χ2n) is 8.80. The Labute approximate surface area is 212 Å². The van der Waals surface area contributed by atoms with Crippen LogP contribution in [0.4, 0.5) is 24.5 Å². The SMILES string of the molecule is CN(C)C1CCN(Cc2ccc(NC(=O)c3ccc(OCCCCl)c([N+](=O)[O-])c3)cc2C(F)(F)F)C1. The van der Waals surface area contributed by atoms with Crippen LogP contribution in [0.25, 0.3) is 0 Å². The minimum Gasteiger partial charge on any atom is -0.487 e. The minimum atomic E-state index is -4.61. The third-order valence-electron chi connectivity index (χ3n) is 6.00. The van der Waals surface area contributed by atoms with Gasteiger partial charge in [0.05, 0.1) is 17.1 Å². The van der Waals surface area contributed by atoms with E-state index in [4.69, 9.17) is 16.3 Å². The lowest BCUT2D eigenvalue weighted by molar-refractivity contribution is -0.385. The number of carbonyl (C=O) groups excluding carboxylic acids is 1. The van der Waals surface area contributed by atoms with E-state index in [0.29, 0.717) is 31.4 Å². The maximum Gasteiger partial charge on any atom is 0.416 e. The lowest BCUT2D eigenvalue weighted by Crippen LogP contribution is -2.31. The largest absolute Gasteiger partial charge is 0.487 e. The molecule has 1 unspecified atom stereocenters. The molecule has 0 saturated carbocycles. The van der Waals surface area contributed by atoms with Crippen LogP contribution in [-0.4, -0.2) is 66.3 Å². The Kier molecular flexibility index (Phi) is 9.15. The number of nitro groups is 1. The monoisotopic (exact) mass is 528 g/mol. The van der Waals surface area contributed by atoms with Gasteiger partial charge in [0.15, 0.2) is 5.75 Å². The summed E-state index contributed by atoms with van der Waals surface area (Å²) in [5.41, 5.74) is -1.29. The van der Waals surface area contributed by atoms with Crippen LogP contribution in [0.2, 0.25) is 0 Å². The summed E-state index contributed by atoms with van der Waals surface area (Å²) < 4.78 is 46.9. The molecule has 12 heteroatoms. The lowest BCUT2D eigenvalue weighted by Gasteiger charge is -2.22. The fourth-order valence-electron chi connectivity index (χ4n) is 4.04. The van der Waals surface area contributed by atoms with Crippen molar-refractivity contribution in [1.29, 1.82) is 0 Å². The molecule has 2 aromatic rings. The van der Waals surface area contributed by atoms with E-state index in [1.807, 2.05) is 19.0 Å². The third kappa shape index (κ3) is 7.08. The van der Waals surface area contributed by atoms with Crippen LogP contribution in [0.15, 0.2) is 36.4 Å². The van der Waals surface area contributed by atoms with Crippen LogP contribution in [0.5, 0.6) is 5.75 Å². The second kappa shape index (κ2) is 11.9. The molecule has 1 saturated heterocycles. The Morgan fingerprint density at radius 3 is 2.64 bits per heavy atom. The fourth-order valence-corrected chi connectivity index (χ4v) is 4.15. The summed E-state index contributed by atoms with van der Waals surface area (Å²) in [6.07, 6.45) is -3.25. The highest BCUT2D eigenvalue weighted by Gasteiger charge is 2.35. The molecule has 1 N–H and O–H groups in total. The summed E-state index contributed by atoms with van der Waals surface area (Å²) >= 11 is 5.58. The summed E-state index contributed by atoms with van der Waals surface area (Å²) in [4.78, 5) is 27.5. The van der Waals surface area contributed by atoms with Gasteiger partial charge in [-0.15, -0.1) is 11.6 Å². The molecule has 196 valence electrons. The number of benzene rings is 2. The summed E-state index contributed by atoms with van der Waals surface area (Å²) in [7, 11) is 3.90. The normalized spacial score (nSPS) is 16.4. The standard InChI is InChI=1S/C24H28ClF3N4O4/c1-30(2)19-8-10-31(15-19)14-17-4-6-18(13-20(17)24(26,27)28)29-23(33)16-5-7-22(36-11-3-9-25)21(12-16)32(34)35/h4-7,12-13,19H,3,8-11,14-15H2,1-2H3,(H,29,33). The van der Waals surface area contributed by atoms with Gasteiger partial charge in [0, 0.05) is 48.9 Å². The number of halogens is 4. The Bertz CT molecular complexity index is 1100. The number of likely N-dealkylation sites (N-methyl/N-ethyl adjacent to an activating group) is 1. The second-order valence-corrected chi connectivity index (χ2v) is 9.17. The molecule has 0 aromatic heterocycles. The van der Waals surface area contributed by atoms with Crippen molar-refractivity contribution < 1.29 is 27.6 Å². The van der Waals surface area contributed by atoms with Gasteiger partial charge in [-0.1, -0.05) is 6.07 Å². The molecule has 0 bridgehead atoms. The molecule has 1 aliphatic rings. The number of rotatable bonds is 10. The van der Waals surface area contributed by atoms with Gasteiger partial charge in [-0.2, -0.15) is 13.2 Å². The van der Waals surface area contributed by atoms with Gasteiger partial charge in [-0.25, -0.2) is 0 Å². The maximum atomic E-state index is 13.8. The first-order chi connectivity index (χ1) is 17.0. The van der Waals surface area contributed by atoms with E-state index >= 15 is 0 Å². The van der Waals surface area contributed by atoms with Crippen LogP contribution in [0, 0.1) is 10.1 Å². The van der Waals surface area contributed by atoms with E-state index in [1.165, 1.54) is 24.3 Å². The van der Waals surface area contributed by atoms with Gasteiger partial charge in [-0.05, 0) is 56.8 Å². The molecule has 8 nitrogen and oxygen atoms in total. The van der Waals surface area contributed by atoms with Crippen LogP contribution in [-0.2, 0) is 12.7 Å². The first-order valence-electron chi connectivity index (χ1n) is 11.4. The first-order valence-corrected chi connectivity index (χ1v) is 11.9. The number of anilines is 1. The number of ether oxygens (including phenoxy) is 1. The zero-order valence-electron chi connectivity index (χ0n) is 20.0. The molecule has 1 atom stereocenters. The van der Waals surface area contributed by atoms with Crippen molar-refractivity contribution in [2.45, 2.75) is 31.6 Å². The van der Waals surface area contributed by atoms with Crippen molar-refractivity contribution in [3.63, 3.8) is 0 Å². The fraction of sp³-hybridized carbons (Fsp3) is 0.458. The zero-order chi connectivity index (χ0) is 26.5. The van der Waals surface area contributed by atoms with Crippen LogP contribution in [0.1, 0.15) is 34.3 Å². The van der Waals surface area contributed by atoms with Crippen LogP contribution >= 0.6 is 11.6 Å². The highest BCUT2D eigenvalue weighted by molar-refractivity contribution is 6.17. The molecular formula is C24H28ClF3N4O4. The smallest absolute Gasteiger partial charge is 0.416 e. The summed E-state index contributed by atoms with van der Waals surface area (Å²) in [6, 6.07) is 7.56. The Balaban J connectivity index is 1.78. The van der Waals surface area contributed by atoms with E-state index in [2.05, 4.69) is 10.2 Å². The van der Waals surface area contributed by atoms with Gasteiger partial charge in [0.25, 0.3) is 5.91 Å². The van der Waals surface area contributed by atoms with E-state index < -0.39 is 28.3 Å². The molecule has 0 spiro atoms. The average molecular weight is 529 g/mol. The third-order valence-corrected chi connectivity index (χ3v) is 6.27. The van der Waals surface area contributed by atoms with Crippen LogP contribution < -0.4 is 10.1 Å². The molecule has 1 aliphatic heterocycles. The van der Waals surface area contributed by atoms with Crippen molar-refractivity contribution in [2.75, 3.05) is 45.0 Å². The molecule has 2 aromatic carbocycles. The summed E-state index contributed by atoms with van der Waals surface area (Å²) in [5.74, 6) is -0.481. The van der Waals surface area contributed by atoms with Gasteiger partial charge >= 0.3 is 11.9 Å². The number of hydrogen-bond donors (Lipinski definition) is 1. The lowest BCUT2D eigenvalue weighted by atomic mass is 10.0. The van der Waals surface area contributed by atoms with E-state index in [0.717, 1.165) is 18.6 Å². The van der Waals surface area contributed by atoms with Crippen molar-refractivity contribution in [3.05, 3.63) is 63.2 Å². The molecule has 1 fully saturated rings. The maximum absolute atomic E-state index is 13.8. The number of nitrogens with one attached hydrogen (secondary N) is 1. The van der Waals surface area contributed by atoms with Crippen molar-refractivity contribution in [1.82, 2.24) is 9.80 Å². The van der Waals surface area contributed by atoms with E-state index in [-0.39, 0.29) is 35.7 Å². The summed E-state index contributed by atoms with van der Waals surface area (Å²) in [6.45, 7) is 1.68. The Hall–Kier alpha value is -2.89. The quantitative estimate of drug-likeness (QED) is 0.202. The van der Waals surface area contributed by atoms with E-state index in [9.17, 15) is 28.1 Å². The molecule has 36 heavy (non-hydrogen) atoms. The molecule has 1 amide bonds. The number of nitrogens with zero attached hydrogens (tertiary/aromatic N) is 3. The Morgan fingerprint density at radius 1 is 1.28 bits per heavy atom. The number of alkyl halides is 4. The predicted octanol–water partition coefficient (Wildman–Crippen LogP) is 5.01. The highest BCUT2D eigenvalue weighted by Crippen LogP contribution is 2.35. The Morgan fingerprint density at radius 2 is 2.03 bits per heavy atom. The van der Waals surface area contributed by atoms with Crippen molar-refractivity contribution in [2.24, 2.45) is 0 Å². The molecule has 1 heterocycles. The molecule has 0 aliphatic carbocycles. The van der Waals surface area contributed by atoms with Gasteiger partial charge in [0.2, 0.25) is 0 Å². The average Bonchev–Trinajstić information content (AvgIpc) is 3.28. The minimum absolute atomic E-state index is 0.0243. The number of hydrogen-bond acceptors (Lipinski definition) is 6. The molecule has 0 radical (unpaired) electrons. The zero-order valence-corrected chi connectivity index (χ0v) is 20.7. The van der Waals surface area contributed by atoms with Crippen molar-refractivity contribution >= 4 is 28.9 Å². The topological polar surface area (TPSA) is 88.0 Å². The van der Waals surface area contributed by atoms with Gasteiger partial charge < -0.3 is 15.0 Å². The number of amides is 1. The number of likely N-dealkylation sites (tertiary alicyclic amines) is 1. The first kappa shape index (κ1) is 27.7. The van der Waals surface area contributed by atoms with Gasteiger partial charge in [0.1, 0.15) is 0 Å². The predicted molar refractivity (Wildman–Crippen MR) is 131 cm³/mol. The summed E-state index contributed by atoms with van der Waals surface area (Å²) in [5, 5.41) is 13.8. The number of carbonyl (C=O) groups is 1. The van der Waals surface area contributed by atoms with Crippen LogP contribution in [0.3, 0.4) is 0 Å².